The molecule has 0 spiro atoms. The molecule has 1 aliphatic heterocycles. The third-order valence-corrected chi connectivity index (χ3v) is 4.37. The van der Waals surface area contributed by atoms with E-state index in [0.29, 0.717) is 12.1 Å². The third-order valence-electron chi connectivity index (χ3n) is 4.37. The molecule has 0 bridgehead atoms. The summed E-state index contributed by atoms with van der Waals surface area (Å²) < 4.78 is 2.43. The van der Waals surface area contributed by atoms with Gasteiger partial charge < -0.3 is 15.2 Å². The molecule has 0 atom stereocenters. The Morgan fingerprint density at radius 1 is 1.17 bits per heavy atom. The minimum absolute atomic E-state index is 0.386. The van der Waals surface area contributed by atoms with Crippen LogP contribution in [0.15, 0.2) is 6.20 Å². The van der Waals surface area contributed by atoms with E-state index in [9.17, 15) is 0 Å². The summed E-state index contributed by atoms with van der Waals surface area (Å²) >= 11 is 0. The van der Waals surface area contributed by atoms with Gasteiger partial charge in [0.1, 0.15) is 0 Å². The Kier molecular flexibility index (Phi) is 3.29. The van der Waals surface area contributed by atoms with Crippen LogP contribution in [0, 0.1) is 6.92 Å². The lowest BCUT2D eigenvalue weighted by Crippen LogP contribution is -2.41. The number of rotatable bonds is 2. The van der Waals surface area contributed by atoms with Gasteiger partial charge in [-0.25, -0.2) is 4.98 Å². The number of hydrogen-bond donors (Lipinski definition) is 1. The molecule has 100 valence electrons. The molecule has 1 aliphatic carbocycles. The van der Waals surface area contributed by atoms with Crippen LogP contribution < -0.4 is 10.6 Å². The van der Waals surface area contributed by atoms with Crippen LogP contribution in [-0.2, 0) is 0 Å². The van der Waals surface area contributed by atoms with Gasteiger partial charge in [0.05, 0.1) is 5.69 Å². The molecule has 4 heteroatoms. The highest BCUT2D eigenvalue weighted by Crippen LogP contribution is 2.33. The topological polar surface area (TPSA) is 47.1 Å². The highest BCUT2D eigenvalue weighted by molar-refractivity contribution is 5.35. The fraction of sp³-hybridized carbons (Fsp3) is 0.786. The molecule has 0 radical (unpaired) electrons. The second-order valence-corrected chi connectivity index (χ2v) is 5.85. The van der Waals surface area contributed by atoms with E-state index >= 15 is 0 Å². The van der Waals surface area contributed by atoms with Crippen molar-refractivity contribution in [2.24, 2.45) is 5.73 Å². The van der Waals surface area contributed by atoms with Gasteiger partial charge in [-0.1, -0.05) is 12.8 Å². The Labute approximate surface area is 109 Å². The van der Waals surface area contributed by atoms with E-state index in [2.05, 4.69) is 22.6 Å². The van der Waals surface area contributed by atoms with Crippen molar-refractivity contribution >= 4 is 5.95 Å². The quantitative estimate of drug-likeness (QED) is 0.873. The fourth-order valence-electron chi connectivity index (χ4n) is 3.29. The number of imidazole rings is 1. The van der Waals surface area contributed by atoms with Crippen LogP contribution in [0.4, 0.5) is 5.95 Å². The second-order valence-electron chi connectivity index (χ2n) is 5.85. The predicted molar refractivity (Wildman–Crippen MR) is 73.9 cm³/mol. The zero-order valence-electron chi connectivity index (χ0n) is 11.3. The lowest BCUT2D eigenvalue weighted by Gasteiger charge is -2.32. The molecule has 0 aromatic carbocycles. The molecule has 1 aromatic heterocycles. The predicted octanol–water partition coefficient (Wildman–Crippen LogP) is 2.23. The summed E-state index contributed by atoms with van der Waals surface area (Å²) in [5.41, 5.74) is 7.13. The standard InChI is InChI=1S/C14H24N4/c1-11-10-18(13-4-2-3-5-13)14(16-11)17-8-6-12(15)7-9-17/h10,12-13H,2-9,15H2,1H3. The summed E-state index contributed by atoms with van der Waals surface area (Å²) in [6.45, 7) is 4.22. The van der Waals surface area contributed by atoms with Gasteiger partial charge in [0, 0.05) is 31.4 Å². The first kappa shape index (κ1) is 12.0. The van der Waals surface area contributed by atoms with Crippen LogP contribution in [0.25, 0.3) is 0 Å². The average molecular weight is 248 g/mol. The molecule has 2 fully saturated rings. The van der Waals surface area contributed by atoms with Gasteiger partial charge >= 0.3 is 0 Å². The number of nitrogens with zero attached hydrogens (tertiary/aromatic N) is 3. The number of anilines is 1. The van der Waals surface area contributed by atoms with Gasteiger partial charge in [-0.3, -0.25) is 0 Å². The summed E-state index contributed by atoms with van der Waals surface area (Å²) in [7, 11) is 0. The van der Waals surface area contributed by atoms with E-state index in [-0.39, 0.29) is 0 Å². The summed E-state index contributed by atoms with van der Waals surface area (Å²) in [6.07, 6.45) is 9.79. The van der Waals surface area contributed by atoms with E-state index in [4.69, 9.17) is 10.7 Å². The Balaban J connectivity index is 1.82. The van der Waals surface area contributed by atoms with Crippen LogP contribution in [0.1, 0.15) is 50.3 Å². The minimum Gasteiger partial charge on any atom is -0.342 e. The average Bonchev–Trinajstić information content (AvgIpc) is 2.98. The monoisotopic (exact) mass is 248 g/mol. The van der Waals surface area contributed by atoms with Crippen LogP contribution >= 0.6 is 0 Å². The number of aryl methyl sites for hydroxylation is 1. The van der Waals surface area contributed by atoms with Gasteiger partial charge in [-0.2, -0.15) is 0 Å². The maximum atomic E-state index is 5.99. The Bertz CT molecular complexity index is 398. The first-order valence-electron chi connectivity index (χ1n) is 7.30. The molecular formula is C14H24N4. The van der Waals surface area contributed by atoms with Crippen molar-refractivity contribution in [2.45, 2.75) is 57.5 Å². The van der Waals surface area contributed by atoms with Crippen molar-refractivity contribution in [2.75, 3.05) is 18.0 Å². The molecule has 1 saturated carbocycles. The summed E-state index contributed by atoms with van der Waals surface area (Å²) in [5.74, 6) is 1.19. The lowest BCUT2D eigenvalue weighted by molar-refractivity contribution is 0.468. The molecule has 0 amide bonds. The van der Waals surface area contributed by atoms with E-state index in [1.165, 1.54) is 31.6 Å². The first-order valence-corrected chi connectivity index (χ1v) is 7.30. The number of hydrogen-bond acceptors (Lipinski definition) is 3. The molecule has 3 rings (SSSR count). The van der Waals surface area contributed by atoms with E-state index in [1.807, 2.05) is 0 Å². The maximum Gasteiger partial charge on any atom is 0.205 e. The van der Waals surface area contributed by atoms with Crippen LogP contribution in [-0.4, -0.2) is 28.7 Å². The van der Waals surface area contributed by atoms with Crippen molar-refractivity contribution in [1.29, 1.82) is 0 Å². The SMILES string of the molecule is Cc1cn(C2CCCC2)c(N2CCC(N)CC2)n1. The molecule has 4 nitrogen and oxygen atoms in total. The van der Waals surface area contributed by atoms with Crippen LogP contribution in [0.2, 0.25) is 0 Å². The highest BCUT2D eigenvalue weighted by atomic mass is 15.3. The highest BCUT2D eigenvalue weighted by Gasteiger charge is 2.25. The summed E-state index contributed by atoms with van der Waals surface area (Å²) in [4.78, 5) is 7.18. The van der Waals surface area contributed by atoms with Crippen molar-refractivity contribution in [3.05, 3.63) is 11.9 Å². The van der Waals surface area contributed by atoms with Crippen molar-refractivity contribution in [3.63, 3.8) is 0 Å². The van der Waals surface area contributed by atoms with Crippen LogP contribution in [0.3, 0.4) is 0 Å². The third kappa shape index (κ3) is 2.26. The molecule has 2 N–H and O–H groups in total. The molecule has 1 aromatic rings. The van der Waals surface area contributed by atoms with E-state index in [1.54, 1.807) is 0 Å². The largest absolute Gasteiger partial charge is 0.342 e. The molecule has 2 heterocycles. The van der Waals surface area contributed by atoms with Gasteiger partial charge in [0.15, 0.2) is 0 Å². The zero-order valence-corrected chi connectivity index (χ0v) is 11.3. The molecule has 2 aliphatic rings. The zero-order chi connectivity index (χ0) is 12.5. The molecular weight excluding hydrogens is 224 g/mol. The Hall–Kier alpha value is -1.03. The number of aromatic nitrogens is 2. The molecule has 1 saturated heterocycles. The maximum absolute atomic E-state index is 5.99. The van der Waals surface area contributed by atoms with Crippen molar-refractivity contribution in [1.82, 2.24) is 9.55 Å². The van der Waals surface area contributed by atoms with Gasteiger partial charge in [-0.15, -0.1) is 0 Å². The molecule has 18 heavy (non-hydrogen) atoms. The Morgan fingerprint density at radius 3 is 2.50 bits per heavy atom. The van der Waals surface area contributed by atoms with Gasteiger partial charge in [-0.05, 0) is 32.6 Å². The van der Waals surface area contributed by atoms with Gasteiger partial charge in [0.2, 0.25) is 5.95 Å². The van der Waals surface area contributed by atoms with Gasteiger partial charge in [0.25, 0.3) is 0 Å². The summed E-state index contributed by atoms with van der Waals surface area (Å²) in [6, 6.07) is 1.06. The first-order chi connectivity index (χ1) is 8.74. The summed E-state index contributed by atoms with van der Waals surface area (Å²) in [5, 5.41) is 0. The minimum atomic E-state index is 0.386. The normalized spacial score (nSPS) is 22.9. The number of piperidine rings is 1. The van der Waals surface area contributed by atoms with E-state index in [0.717, 1.165) is 31.6 Å². The lowest BCUT2D eigenvalue weighted by atomic mass is 10.1. The second kappa shape index (κ2) is 4.92. The molecule has 0 unspecified atom stereocenters. The van der Waals surface area contributed by atoms with Crippen molar-refractivity contribution in [3.8, 4) is 0 Å². The van der Waals surface area contributed by atoms with Crippen molar-refractivity contribution < 1.29 is 0 Å². The fourth-order valence-corrected chi connectivity index (χ4v) is 3.29. The number of nitrogens with two attached hydrogens (primary N) is 1. The van der Waals surface area contributed by atoms with E-state index < -0.39 is 0 Å². The Morgan fingerprint density at radius 2 is 1.83 bits per heavy atom. The smallest absolute Gasteiger partial charge is 0.205 e. The van der Waals surface area contributed by atoms with Crippen LogP contribution in [0.5, 0.6) is 0 Å².